The number of hydrogen-bond donors (Lipinski definition) is 2. The highest BCUT2D eigenvalue weighted by Gasteiger charge is 2.11. The molecule has 0 spiro atoms. The Morgan fingerprint density at radius 2 is 1.92 bits per heavy atom. The molecule has 0 amide bonds. The topological polar surface area (TPSA) is 24.1 Å². The number of hydrogen-bond acceptors (Lipinski definition) is 2. The van der Waals surface area contributed by atoms with Crippen molar-refractivity contribution in [3.8, 4) is 0 Å². The van der Waals surface area contributed by atoms with Crippen molar-refractivity contribution in [3.63, 3.8) is 0 Å². The van der Waals surface area contributed by atoms with Crippen LogP contribution in [0.1, 0.15) is 5.56 Å². The third-order valence-corrected chi connectivity index (χ3v) is 2.53. The van der Waals surface area contributed by atoms with Gasteiger partial charge in [-0.1, -0.05) is 30.3 Å². The van der Waals surface area contributed by atoms with Crippen molar-refractivity contribution in [3.05, 3.63) is 42.0 Å². The molecule has 2 aromatic rings. The van der Waals surface area contributed by atoms with Gasteiger partial charge in [0.2, 0.25) is 0 Å². The Morgan fingerprint density at radius 3 is 2.92 bits per heavy atom. The summed E-state index contributed by atoms with van der Waals surface area (Å²) in [4.78, 5) is 0. The minimum atomic E-state index is 0.913. The van der Waals surface area contributed by atoms with Crippen LogP contribution in [0.2, 0.25) is 0 Å². The maximum atomic E-state index is 3.14. The van der Waals surface area contributed by atoms with E-state index in [1.54, 1.807) is 0 Å². The second kappa shape index (κ2) is 2.47. The van der Waals surface area contributed by atoms with Crippen LogP contribution in [-0.2, 0) is 6.54 Å². The van der Waals surface area contributed by atoms with Crippen molar-refractivity contribution < 1.29 is 0 Å². The first-order valence-electron chi connectivity index (χ1n) is 4.45. The quantitative estimate of drug-likeness (QED) is 0.633. The molecule has 0 atom stereocenters. The van der Waals surface area contributed by atoms with E-state index in [2.05, 4.69) is 47.2 Å². The van der Waals surface area contributed by atoms with Gasteiger partial charge in [0.05, 0.1) is 5.69 Å². The third-order valence-electron chi connectivity index (χ3n) is 2.53. The van der Waals surface area contributed by atoms with Crippen LogP contribution in [0.4, 0.5) is 5.69 Å². The molecule has 0 unspecified atom stereocenters. The molecular formula is C11H10N2. The van der Waals surface area contributed by atoms with Gasteiger partial charge < -0.3 is 5.43 Å². The van der Waals surface area contributed by atoms with E-state index in [0.717, 1.165) is 6.54 Å². The Labute approximate surface area is 76.5 Å². The van der Waals surface area contributed by atoms with Crippen LogP contribution in [0.5, 0.6) is 0 Å². The average Bonchev–Trinajstić information content (AvgIpc) is 2.65. The summed E-state index contributed by atoms with van der Waals surface area (Å²) in [7, 11) is 0. The normalized spacial score (nSPS) is 14.2. The summed E-state index contributed by atoms with van der Waals surface area (Å²) in [5, 5.41) is 2.66. The highest BCUT2D eigenvalue weighted by Crippen LogP contribution is 2.28. The van der Waals surface area contributed by atoms with E-state index >= 15 is 0 Å². The van der Waals surface area contributed by atoms with E-state index in [9.17, 15) is 0 Å². The van der Waals surface area contributed by atoms with Gasteiger partial charge in [-0.3, -0.25) is 0 Å². The van der Waals surface area contributed by atoms with Gasteiger partial charge in [-0.15, -0.1) is 0 Å². The lowest BCUT2D eigenvalue weighted by atomic mass is 10.0. The number of anilines is 1. The van der Waals surface area contributed by atoms with Crippen LogP contribution in [0.25, 0.3) is 10.8 Å². The van der Waals surface area contributed by atoms with Gasteiger partial charge in [-0.05, 0) is 16.8 Å². The predicted octanol–water partition coefficient (Wildman–Crippen LogP) is 2.27. The smallest absolute Gasteiger partial charge is 0.0539 e. The summed E-state index contributed by atoms with van der Waals surface area (Å²) in [6.07, 6.45) is 0. The molecule has 3 rings (SSSR count). The molecule has 0 aromatic heterocycles. The summed E-state index contributed by atoms with van der Waals surface area (Å²) in [6.45, 7) is 0.913. The summed E-state index contributed by atoms with van der Waals surface area (Å²) < 4.78 is 0. The monoisotopic (exact) mass is 170 g/mol. The van der Waals surface area contributed by atoms with Crippen LogP contribution < -0.4 is 10.9 Å². The van der Waals surface area contributed by atoms with Crippen LogP contribution in [0.15, 0.2) is 36.4 Å². The number of benzene rings is 2. The second-order valence-corrected chi connectivity index (χ2v) is 3.29. The van der Waals surface area contributed by atoms with Gasteiger partial charge in [0, 0.05) is 12.1 Å². The first-order chi connectivity index (χ1) is 6.45. The molecule has 13 heavy (non-hydrogen) atoms. The fourth-order valence-electron chi connectivity index (χ4n) is 1.87. The number of hydrazine groups is 1. The number of fused-ring (bicyclic) bond motifs is 3. The molecule has 1 aliphatic rings. The Balaban J connectivity index is 2.43. The molecule has 0 saturated heterocycles. The molecule has 2 nitrogen and oxygen atoms in total. The largest absolute Gasteiger partial charge is 0.321 e. The van der Waals surface area contributed by atoms with Gasteiger partial charge in [-0.25, -0.2) is 5.43 Å². The molecule has 0 fully saturated rings. The van der Waals surface area contributed by atoms with E-state index < -0.39 is 0 Å². The Kier molecular flexibility index (Phi) is 1.32. The molecule has 0 saturated carbocycles. The van der Waals surface area contributed by atoms with Crippen LogP contribution >= 0.6 is 0 Å². The zero-order valence-electron chi connectivity index (χ0n) is 7.17. The summed E-state index contributed by atoms with van der Waals surface area (Å²) in [5.74, 6) is 0. The van der Waals surface area contributed by atoms with E-state index in [-0.39, 0.29) is 0 Å². The van der Waals surface area contributed by atoms with E-state index in [1.165, 1.54) is 22.0 Å². The van der Waals surface area contributed by atoms with Gasteiger partial charge in [-0.2, -0.15) is 0 Å². The van der Waals surface area contributed by atoms with E-state index in [0.29, 0.717) is 0 Å². The SMILES string of the molecule is c1ccc2c3c(ccc2c1)NNC3. The molecule has 1 aliphatic heterocycles. The van der Waals surface area contributed by atoms with Crippen molar-refractivity contribution in [2.24, 2.45) is 0 Å². The first-order valence-corrected chi connectivity index (χ1v) is 4.45. The first kappa shape index (κ1) is 6.92. The van der Waals surface area contributed by atoms with Gasteiger partial charge >= 0.3 is 0 Å². The van der Waals surface area contributed by atoms with Gasteiger partial charge in [0.25, 0.3) is 0 Å². The molecule has 0 bridgehead atoms. The Hall–Kier alpha value is -1.54. The molecular weight excluding hydrogens is 160 g/mol. The average molecular weight is 170 g/mol. The Morgan fingerprint density at radius 1 is 1.00 bits per heavy atom. The maximum absolute atomic E-state index is 3.14. The third kappa shape index (κ3) is 0.924. The zero-order chi connectivity index (χ0) is 8.67. The minimum absolute atomic E-state index is 0.913. The van der Waals surface area contributed by atoms with E-state index in [4.69, 9.17) is 0 Å². The maximum Gasteiger partial charge on any atom is 0.0539 e. The number of rotatable bonds is 0. The zero-order valence-corrected chi connectivity index (χ0v) is 7.17. The van der Waals surface area contributed by atoms with Crippen LogP contribution in [-0.4, -0.2) is 0 Å². The molecule has 2 aromatic carbocycles. The molecule has 64 valence electrons. The standard InChI is InChI=1S/C11H10N2/c1-2-4-9-8(3-1)5-6-11-10(9)7-12-13-11/h1-6,12-13H,7H2. The van der Waals surface area contributed by atoms with Crippen molar-refractivity contribution in [2.75, 3.05) is 5.43 Å². The van der Waals surface area contributed by atoms with E-state index in [1.807, 2.05) is 0 Å². The van der Waals surface area contributed by atoms with Crippen molar-refractivity contribution in [2.45, 2.75) is 6.54 Å². The van der Waals surface area contributed by atoms with Crippen molar-refractivity contribution in [1.82, 2.24) is 5.43 Å². The molecule has 2 heteroatoms. The lowest BCUT2D eigenvalue weighted by molar-refractivity contribution is 0.863. The molecule has 2 N–H and O–H groups in total. The van der Waals surface area contributed by atoms with Crippen molar-refractivity contribution >= 4 is 16.5 Å². The van der Waals surface area contributed by atoms with Crippen molar-refractivity contribution in [1.29, 1.82) is 0 Å². The van der Waals surface area contributed by atoms with Gasteiger partial charge in [0.15, 0.2) is 0 Å². The lowest BCUT2D eigenvalue weighted by Crippen LogP contribution is -2.10. The fourth-order valence-corrected chi connectivity index (χ4v) is 1.87. The molecule has 1 heterocycles. The predicted molar refractivity (Wildman–Crippen MR) is 54.4 cm³/mol. The minimum Gasteiger partial charge on any atom is -0.321 e. The molecule has 0 radical (unpaired) electrons. The van der Waals surface area contributed by atoms with Crippen LogP contribution in [0, 0.1) is 0 Å². The van der Waals surface area contributed by atoms with Gasteiger partial charge in [0.1, 0.15) is 0 Å². The summed E-state index contributed by atoms with van der Waals surface area (Å²) in [6, 6.07) is 12.7. The highest BCUT2D eigenvalue weighted by molar-refractivity contribution is 5.90. The second-order valence-electron chi connectivity index (χ2n) is 3.29. The lowest BCUT2D eigenvalue weighted by Gasteiger charge is -2.02. The highest BCUT2D eigenvalue weighted by atomic mass is 15.4. The molecule has 0 aliphatic carbocycles. The Bertz CT molecular complexity index is 463. The summed E-state index contributed by atoms with van der Waals surface area (Å²) >= 11 is 0. The number of nitrogens with one attached hydrogen (secondary N) is 2. The van der Waals surface area contributed by atoms with Crippen LogP contribution in [0.3, 0.4) is 0 Å². The summed E-state index contributed by atoms with van der Waals surface area (Å²) in [5.41, 5.74) is 8.85. The fraction of sp³-hybridized carbons (Fsp3) is 0.0909.